The van der Waals surface area contributed by atoms with E-state index in [0.717, 1.165) is 51.0 Å². The van der Waals surface area contributed by atoms with Crippen molar-refractivity contribution in [2.24, 2.45) is 13.0 Å². The fourth-order valence-corrected chi connectivity index (χ4v) is 3.66. The molecule has 1 aromatic heterocycles. The van der Waals surface area contributed by atoms with Gasteiger partial charge in [-0.3, -0.25) is 4.79 Å². The number of aryl methyl sites for hydroxylation is 2. The van der Waals surface area contributed by atoms with Gasteiger partial charge in [0.05, 0.1) is 12.0 Å². The largest absolute Gasteiger partial charge is 0.340 e. The van der Waals surface area contributed by atoms with E-state index in [9.17, 15) is 4.79 Å². The van der Waals surface area contributed by atoms with Crippen LogP contribution in [0.1, 0.15) is 31.4 Å². The first kappa shape index (κ1) is 18.9. The summed E-state index contributed by atoms with van der Waals surface area (Å²) >= 11 is 5.97. The molecule has 2 heterocycles. The standard InChI is InChI=1S/C20H27ClN4O/c1-24-14-19(22-15-24)6-2-3-10-25-11-8-16(9-12-25)20(26)23-18-7-4-5-17(21)13-18/h4-5,7,13-16H,2-3,6,8-12H2,1H3,(H,23,26). The number of hydrogen-bond acceptors (Lipinski definition) is 3. The van der Waals surface area contributed by atoms with Gasteiger partial charge in [-0.15, -0.1) is 0 Å². The molecule has 5 nitrogen and oxygen atoms in total. The number of halogens is 1. The topological polar surface area (TPSA) is 50.2 Å². The quantitative estimate of drug-likeness (QED) is 0.751. The molecule has 0 bridgehead atoms. The number of carbonyl (C=O) groups is 1. The first-order valence-electron chi connectivity index (χ1n) is 9.36. The Kier molecular flexibility index (Phi) is 6.69. The molecule has 1 amide bonds. The first-order valence-corrected chi connectivity index (χ1v) is 9.73. The van der Waals surface area contributed by atoms with E-state index >= 15 is 0 Å². The Morgan fingerprint density at radius 1 is 1.31 bits per heavy atom. The van der Waals surface area contributed by atoms with Gasteiger partial charge in [-0.2, -0.15) is 0 Å². The molecule has 0 saturated carbocycles. The Morgan fingerprint density at radius 2 is 2.12 bits per heavy atom. The van der Waals surface area contributed by atoms with Crippen LogP contribution in [0, 0.1) is 5.92 Å². The van der Waals surface area contributed by atoms with Gasteiger partial charge in [-0.25, -0.2) is 4.98 Å². The van der Waals surface area contributed by atoms with Crippen molar-refractivity contribution in [1.82, 2.24) is 14.5 Å². The maximum atomic E-state index is 12.4. The second kappa shape index (κ2) is 9.19. The van der Waals surface area contributed by atoms with Gasteiger partial charge in [0.15, 0.2) is 0 Å². The van der Waals surface area contributed by atoms with Crippen molar-refractivity contribution in [2.75, 3.05) is 25.0 Å². The van der Waals surface area contributed by atoms with E-state index in [1.54, 1.807) is 6.07 Å². The maximum Gasteiger partial charge on any atom is 0.227 e. The molecule has 6 heteroatoms. The molecule has 0 unspecified atom stereocenters. The number of benzene rings is 1. The normalized spacial score (nSPS) is 15.9. The smallest absolute Gasteiger partial charge is 0.227 e. The van der Waals surface area contributed by atoms with Crippen LogP contribution in [0.3, 0.4) is 0 Å². The molecule has 0 aliphatic carbocycles. The summed E-state index contributed by atoms with van der Waals surface area (Å²) in [6, 6.07) is 7.33. The molecule has 0 spiro atoms. The Bertz CT molecular complexity index is 722. The predicted octanol–water partition coefficient (Wildman–Crippen LogP) is 3.75. The van der Waals surface area contributed by atoms with Crippen molar-refractivity contribution in [3.8, 4) is 0 Å². The summed E-state index contributed by atoms with van der Waals surface area (Å²) in [5.41, 5.74) is 1.95. The highest BCUT2D eigenvalue weighted by Gasteiger charge is 2.24. The molecule has 1 N–H and O–H groups in total. The molecule has 26 heavy (non-hydrogen) atoms. The Morgan fingerprint density at radius 3 is 2.81 bits per heavy atom. The first-order chi connectivity index (χ1) is 12.6. The number of piperidine rings is 1. The average Bonchev–Trinajstić information content (AvgIpc) is 3.04. The highest BCUT2D eigenvalue weighted by Crippen LogP contribution is 2.21. The minimum Gasteiger partial charge on any atom is -0.340 e. The molecule has 3 rings (SSSR count). The number of imidazole rings is 1. The number of hydrogen-bond donors (Lipinski definition) is 1. The molecule has 1 saturated heterocycles. The third-order valence-corrected chi connectivity index (χ3v) is 5.20. The number of amides is 1. The number of rotatable bonds is 7. The summed E-state index contributed by atoms with van der Waals surface area (Å²) in [6.07, 6.45) is 9.17. The van der Waals surface area contributed by atoms with E-state index in [2.05, 4.69) is 21.4 Å². The molecule has 0 radical (unpaired) electrons. The Labute approximate surface area is 160 Å². The van der Waals surface area contributed by atoms with E-state index in [0.29, 0.717) is 5.02 Å². The van der Waals surface area contributed by atoms with Gasteiger partial charge in [0, 0.05) is 29.9 Å². The third-order valence-electron chi connectivity index (χ3n) is 4.97. The maximum absolute atomic E-state index is 12.4. The van der Waals surface area contributed by atoms with E-state index in [1.807, 2.05) is 36.1 Å². The molecule has 0 atom stereocenters. The van der Waals surface area contributed by atoms with Crippen molar-refractivity contribution in [2.45, 2.75) is 32.1 Å². The Hall–Kier alpha value is -1.85. The highest BCUT2D eigenvalue weighted by atomic mass is 35.5. The van der Waals surface area contributed by atoms with Crippen molar-refractivity contribution < 1.29 is 4.79 Å². The highest BCUT2D eigenvalue weighted by molar-refractivity contribution is 6.30. The van der Waals surface area contributed by atoms with Crippen molar-refractivity contribution in [3.63, 3.8) is 0 Å². The number of likely N-dealkylation sites (tertiary alicyclic amines) is 1. The zero-order valence-corrected chi connectivity index (χ0v) is 16.1. The lowest BCUT2D eigenvalue weighted by molar-refractivity contribution is -0.121. The molecule has 2 aromatic rings. The fourth-order valence-electron chi connectivity index (χ4n) is 3.47. The lowest BCUT2D eigenvalue weighted by Gasteiger charge is -2.31. The molecule has 1 aliphatic rings. The summed E-state index contributed by atoms with van der Waals surface area (Å²) in [4.78, 5) is 19.3. The zero-order valence-electron chi connectivity index (χ0n) is 15.3. The minimum absolute atomic E-state index is 0.0961. The molecular formula is C20H27ClN4O. The van der Waals surface area contributed by atoms with Crippen LogP contribution in [0.2, 0.25) is 5.02 Å². The number of unbranched alkanes of at least 4 members (excludes halogenated alkanes) is 1. The summed E-state index contributed by atoms with van der Waals surface area (Å²) < 4.78 is 1.99. The van der Waals surface area contributed by atoms with Crippen LogP contribution < -0.4 is 5.32 Å². The summed E-state index contributed by atoms with van der Waals surface area (Å²) in [6.45, 7) is 3.10. The zero-order chi connectivity index (χ0) is 18.4. The second-order valence-electron chi connectivity index (χ2n) is 7.10. The van der Waals surface area contributed by atoms with Gasteiger partial charge in [0.1, 0.15) is 0 Å². The van der Waals surface area contributed by atoms with Gasteiger partial charge in [0.25, 0.3) is 0 Å². The van der Waals surface area contributed by atoms with Crippen molar-refractivity contribution >= 4 is 23.2 Å². The number of aromatic nitrogens is 2. The lowest BCUT2D eigenvalue weighted by Crippen LogP contribution is -2.38. The van der Waals surface area contributed by atoms with Crippen LogP contribution in [0.5, 0.6) is 0 Å². The molecule has 1 aliphatic heterocycles. The molecular weight excluding hydrogens is 348 g/mol. The predicted molar refractivity (Wildman–Crippen MR) is 105 cm³/mol. The van der Waals surface area contributed by atoms with Crippen LogP contribution in [-0.2, 0) is 18.3 Å². The van der Waals surface area contributed by atoms with Crippen molar-refractivity contribution in [1.29, 1.82) is 0 Å². The van der Waals surface area contributed by atoms with Crippen LogP contribution in [0.4, 0.5) is 5.69 Å². The van der Waals surface area contributed by atoms with Gasteiger partial charge >= 0.3 is 0 Å². The van der Waals surface area contributed by atoms with E-state index < -0.39 is 0 Å². The average molecular weight is 375 g/mol. The number of nitrogens with zero attached hydrogens (tertiary/aromatic N) is 3. The minimum atomic E-state index is 0.0961. The van der Waals surface area contributed by atoms with Crippen LogP contribution >= 0.6 is 11.6 Å². The molecule has 140 valence electrons. The van der Waals surface area contributed by atoms with E-state index in [-0.39, 0.29) is 11.8 Å². The SMILES string of the molecule is Cn1cnc(CCCCN2CCC(C(=O)Nc3cccc(Cl)c3)CC2)c1. The van der Waals surface area contributed by atoms with E-state index in [1.165, 1.54) is 12.1 Å². The number of carbonyl (C=O) groups excluding carboxylic acids is 1. The summed E-state index contributed by atoms with van der Waals surface area (Å²) in [7, 11) is 2.00. The van der Waals surface area contributed by atoms with Crippen LogP contribution in [0.25, 0.3) is 0 Å². The third kappa shape index (κ3) is 5.58. The lowest BCUT2D eigenvalue weighted by atomic mass is 9.95. The number of anilines is 1. The summed E-state index contributed by atoms with van der Waals surface area (Å²) in [5.74, 6) is 0.209. The number of nitrogens with one attached hydrogen (secondary N) is 1. The van der Waals surface area contributed by atoms with Gasteiger partial charge < -0.3 is 14.8 Å². The van der Waals surface area contributed by atoms with Crippen LogP contribution in [-0.4, -0.2) is 40.0 Å². The van der Waals surface area contributed by atoms with E-state index in [4.69, 9.17) is 11.6 Å². The molecule has 1 fully saturated rings. The van der Waals surface area contributed by atoms with Gasteiger partial charge in [-0.05, 0) is 69.9 Å². The molecule has 1 aromatic carbocycles. The van der Waals surface area contributed by atoms with Crippen molar-refractivity contribution in [3.05, 3.63) is 47.5 Å². The monoisotopic (exact) mass is 374 g/mol. The van der Waals surface area contributed by atoms with Gasteiger partial charge in [0.2, 0.25) is 5.91 Å². The Balaban J connectivity index is 1.34. The summed E-state index contributed by atoms with van der Waals surface area (Å²) in [5, 5.41) is 3.63. The second-order valence-corrected chi connectivity index (χ2v) is 7.54. The van der Waals surface area contributed by atoms with Gasteiger partial charge in [-0.1, -0.05) is 17.7 Å². The fraction of sp³-hybridized carbons (Fsp3) is 0.500. The van der Waals surface area contributed by atoms with Crippen LogP contribution in [0.15, 0.2) is 36.8 Å².